The van der Waals surface area contributed by atoms with Crippen LogP contribution < -0.4 is 0 Å². The summed E-state index contributed by atoms with van der Waals surface area (Å²) < 4.78 is 25.3. The Labute approximate surface area is 103 Å². The summed E-state index contributed by atoms with van der Waals surface area (Å²) >= 11 is 0. The van der Waals surface area contributed by atoms with Crippen molar-refractivity contribution in [2.45, 2.75) is 51.5 Å². The molecule has 0 saturated carbocycles. The van der Waals surface area contributed by atoms with E-state index in [4.69, 9.17) is 0 Å². The zero-order valence-electron chi connectivity index (χ0n) is 10.8. The summed E-state index contributed by atoms with van der Waals surface area (Å²) in [5.41, 5.74) is 0. The van der Waals surface area contributed by atoms with Gasteiger partial charge in [0.05, 0.1) is 11.4 Å². The third kappa shape index (κ3) is 2.69. The van der Waals surface area contributed by atoms with Gasteiger partial charge in [-0.05, 0) is 20.3 Å². The van der Waals surface area contributed by atoms with Gasteiger partial charge in [0.1, 0.15) is 6.04 Å². The Morgan fingerprint density at radius 3 is 2.24 bits per heavy atom. The summed E-state index contributed by atoms with van der Waals surface area (Å²) in [6, 6.07) is -0.901. The fraction of sp³-hybridized carbons (Fsp3) is 0.909. The van der Waals surface area contributed by atoms with Crippen molar-refractivity contribution < 1.29 is 18.3 Å². The molecule has 1 aliphatic rings. The quantitative estimate of drug-likeness (QED) is 0.796. The molecular formula is C11H21NO4S. The number of nitrogens with zero attached hydrogens (tertiary/aromatic N) is 1. The average Bonchev–Trinajstić information content (AvgIpc) is 2.59. The van der Waals surface area contributed by atoms with Gasteiger partial charge in [0.25, 0.3) is 0 Å². The number of hydrogen-bond acceptors (Lipinski definition) is 4. The molecule has 2 atom stereocenters. The highest BCUT2D eigenvalue weighted by molar-refractivity contribution is 7.89. The lowest BCUT2D eigenvalue weighted by Crippen LogP contribution is -2.48. The van der Waals surface area contributed by atoms with E-state index in [1.807, 2.05) is 0 Å². The maximum Gasteiger partial charge on any atom is 0.217 e. The first-order valence-electron chi connectivity index (χ1n) is 5.92. The van der Waals surface area contributed by atoms with E-state index in [9.17, 15) is 18.3 Å². The predicted octanol–water partition coefficient (Wildman–Crippen LogP) is 0.385. The molecule has 0 bridgehead atoms. The van der Waals surface area contributed by atoms with E-state index < -0.39 is 27.4 Å². The Kier molecular flexibility index (Phi) is 4.33. The number of carbonyl (C=O) groups is 1. The van der Waals surface area contributed by atoms with Gasteiger partial charge in [-0.25, -0.2) is 8.42 Å². The van der Waals surface area contributed by atoms with E-state index in [0.717, 1.165) is 0 Å². The monoisotopic (exact) mass is 263 g/mol. The maximum atomic E-state index is 12.1. The van der Waals surface area contributed by atoms with Crippen LogP contribution in [0, 0.1) is 5.92 Å². The Morgan fingerprint density at radius 1 is 1.29 bits per heavy atom. The smallest absolute Gasteiger partial charge is 0.217 e. The van der Waals surface area contributed by atoms with E-state index in [1.165, 1.54) is 4.31 Å². The summed E-state index contributed by atoms with van der Waals surface area (Å²) in [7, 11) is -3.48. The van der Waals surface area contributed by atoms with Crippen LogP contribution in [0.2, 0.25) is 0 Å². The van der Waals surface area contributed by atoms with Crippen molar-refractivity contribution in [3.63, 3.8) is 0 Å². The minimum Gasteiger partial charge on any atom is -0.391 e. The van der Waals surface area contributed by atoms with Crippen LogP contribution in [-0.4, -0.2) is 47.6 Å². The fourth-order valence-electron chi connectivity index (χ4n) is 1.98. The Morgan fingerprint density at radius 2 is 1.82 bits per heavy atom. The normalized spacial score (nSPS) is 27.0. The molecule has 17 heavy (non-hydrogen) atoms. The molecule has 0 aromatic carbocycles. The third-order valence-electron chi connectivity index (χ3n) is 3.10. The number of sulfonamides is 1. The number of hydrogen-bond donors (Lipinski definition) is 1. The maximum absolute atomic E-state index is 12.1. The van der Waals surface area contributed by atoms with Gasteiger partial charge in [-0.2, -0.15) is 4.31 Å². The summed E-state index contributed by atoms with van der Waals surface area (Å²) in [5, 5.41) is 9.22. The van der Waals surface area contributed by atoms with Crippen LogP contribution in [-0.2, 0) is 14.8 Å². The van der Waals surface area contributed by atoms with E-state index >= 15 is 0 Å². The zero-order chi connectivity index (χ0) is 13.4. The van der Waals surface area contributed by atoms with Crippen LogP contribution in [0.4, 0.5) is 0 Å². The number of aliphatic hydroxyl groups is 1. The first kappa shape index (κ1) is 14.6. The summed E-state index contributed by atoms with van der Waals surface area (Å²) in [4.78, 5) is 12.0. The van der Waals surface area contributed by atoms with Crippen molar-refractivity contribution in [1.82, 2.24) is 4.31 Å². The molecule has 1 heterocycles. The molecule has 0 radical (unpaired) electrons. The SMILES string of the molecule is CC(C)C(=O)C1C(O)CCN1S(=O)(=O)C(C)C. The molecule has 0 aromatic rings. The number of Topliss-reactive ketones (excluding diaryl/α,β-unsaturated/α-hetero) is 1. The van der Waals surface area contributed by atoms with Crippen molar-refractivity contribution >= 4 is 15.8 Å². The van der Waals surface area contributed by atoms with Gasteiger partial charge in [-0.3, -0.25) is 4.79 Å². The van der Waals surface area contributed by atoms with E-state index in [-0.39, 0.29) is 18.2 Å². The van der Waals surface area contributed by atoms with Gasteiger partial charge in [0.2, 0.25) is 10.0 Å². The zero-order valence-corrected chi connectivity index (χ0v) is 11.6. The van der Waals surface area contributed by atoms with Crippen molar-refractivity contribution in [3.05, 3.63) is 0 Å². The lowest BCUT2D eigenvalue weighted by Gasteiger charge is -2.27. The topological polar surface area (TPSA) is 74.7 Å². The van der Waals surface area contributed by atoms with E-state index in [2.05, 4.69) is 0 Å². The van der Waals surface area contributed by atoms with Crippen molar-refractivity contribution in [3.8, 4) is 0 Å². The molecule has 1 N–H and O–H groups in total. The Hall–Kier alpha value is -0.460. The van der Waals surface area contributed by atoms with Gasteiger partial charge in [0, 0.05) is 12.5 Å². The molecule has 0 aromatic heterocycles. The molecule has 100 valence electrons. The van der Waals surface area contributed by atoms with Gasteiger partial charge >= 0.3 is 0 Å². The second-order valence-electron chi connectivity index (χ2n) is 5.06. The Bertz CT molecular complexity index is 388. The van der Waals surface area contributed by atoms with Crippen molar-refractivity contribution in [2.24, 2.45) is 5.92 Å². The van der Waals surface area contributed by atoms with Crippen molar-refractivity contribution in [2.75, 3.05) is 6.54 Å². The second-order valence-corrected chi connectivity index (χ2v) is 7.50. The largest absolute Gasteiger partial charge is 0.391 e. The highest BCUT2D eigenvalue weighted by Crippen LogP contribution is 2.26. The van der Waals surface area contributed by atoms with Gasteiger partial charge < -0.3 is 5.11 Å². The average molecular weight is 263 g/mol. The number of ketones is 1. The molecule has 2 unspecified atom stereocenters. The second kappa shape index (κ2) is 5.04. The standard InChI is InChI=1S/C11H21NO4S/c1-7(2)11(14)10-9(13)5-6-12(10)17(15,16)8(3)4/h7-10,13H,5-6H2,1-4H3. The lowest BCUT2D eigenvalue weighted by molar-refractivity contribution is -0.127. The van der Waals surface area contributed by atoms with Gasteiger partial charge in [0.15, 0.2) is 5.78 Å². The van der Waals surface area contributed by atoms with Gasteiger partial charge in [-0.1, -0.05) is 13.8 Å². The molecule has 6 heteroatoms. The predicted molar refractivity (Wildman–Crippen MR) is 65.0 cm³/mol. The van der Waals surface area contributed by atoms with E-state index in [0.29, 0.717) is 6.42 Å². The van der Waals surface area contributed by atoms with Crippen LogP contribution in [0.25, 0.3) is 0 Å². The van der Waals surface area contributed by atoms with Crippen LogP contribution in [0.1, 0.15) is 34.1 Å². The molecule has 5 nitrogen and oxygen atoms in total. The number of carbonyl (C=O) groups excluding carboxylic acids is 1. The number of rotatable bonds is 4. The highest BCUT2D eigenvalue weighted by Gasteiger charge is 2.45. The first-order chi connectivity index (χ1) is 7.69. The molecule has 1 aliphatic heterocycles. The van der Waals surface area contributed by atoms with Crippen LogP contribution >= 0.6 is 0 Å². The molecule has 1 rings (SSSR count). The molecule has 1 fully saturated rings. The summed E-state index contributed by atoms with van der Waals surface area (Å²) in [5.74, 6) is -0.489. The van der Waals surface area contributed by atoms with Crippen LogP contribution in [0.15, 0.2) is 0 Å². The fourth-order valence-corrected chi connectivity index (χ4v) is 3.44. The van der Waals surface area contributed by atoms with Gasteiger partial charge in [-0.15, -0.1) is 0 Å². The molecule has 1 saturated heterocycles. The van der Waals surface area contributed by atoms with Crippen molar-refractivity contribution in [1.29, 1.82) is 0 Å². The Balaban J connectivity index is 3.05. The lowest BCUT2D eigenvalue weighted by atomic mass is 9.99. The molecule has 0 aliphatic carbocycles. The molecular weight excluding hydrogens is 242 g/mol. The number of aliphatic hydroxyl groups excluding tert-OH is 1. The summed E-state index contributed by atoms with van der Waals surface area (Å²) in [6.45, 7) is 6.82. The van der Waals surface area contributed by atoms with E-state index in [1.54, 1.807) is 27.7 Å². The van der Waals surface area contributed by atoms with Crippen LogP contribution in [0.3, 0.4) is 0 Å². The van der Waals surface area contributed by atoms with Crippen LogP contribution in [0.5, 0.6) is 0 Å². The minimum absolute atomic E-state index is 0.209. The summed E-state index contributed by atoms with van der Waals surface area (Å²) in [6.07, 6.45) is -0.548. The molecule has 0 spiro atoms. The highest BCUT2D eigenvalue weighted by atomic mass is 32.2. The molecule has 0 amide bonds. The first-order valence-corrected chi connectivity index (χ1v) is 7.42. The minimum atomic E-state index is -3.48. The third-order valence-corrected chi connectivity index (χ3v) is 5.36.